The van der Waals surface area contributed by atoms with Crippen molar-refractivity contribution in [2.45, 2.75) is 20.3 Å². The molecule has 7 nitrogen and oxygen atoms in total. The van der Waals surface area contributed by atoms with Gasteiger partial charge in [-0.25, -0.2) is 9.67 Å². The first kappa shape index (κ1) is 19.1. The zero-order valence-corrected chi connectivity index (χ0v) is 16.8. The minimum atomic E-state index is -0.454. The van der Waals surface area contributed by atoms with Crippen LogP contribution in [0.25, 0.3) is 5.69 Å². The molecule has 0 bridgehead atoms. The van der Waals surface area contributed by atoms with Crippen molar-refractivity contribution in [2.75, 3.05) is 16.8 Å². The standard InChI is InChI=1S/C21H20ClN5O2/c1-13-4-3-5-18(14(13)2)26-10-15(8-20(26)28)21(29)25-17-9-16(22)6-7-19(17)27-12-23-11-24-27/h3-7,9,11-12,15H,8,10H2,1-2H3,(H,25,29)/t15-/m0/s1. The smallest absolute Gasteiger partial charge is 0.229 e. The van der Waals surface area contributed by atoms with E-state index in [1.807, 2.05) is 32.0 Å². The number of nitrogens with zero attached hydrogens (tertiary/aromatic N) is 4. The first-order valence-corrected chi connectivity index (χ1v) is 9.64. The molecule has 1 aliphatic rings. The molecule has 0 aliphatic carbocycles. The van der Waals surface area contributed by atoms with E-state index in [-0.39, 0.29) is 18.2 Å². The summed E-state index contributed by atoms with van der Waals surface area (Å²) in [5.41, 5.74) is 4.18. The van der Waals surface area contributed by atoms with Gasteiger partial charge >= 0.3 is 0 Å². The van der Waals surface area contributed by atoms with Gasteiger partial charge in [0.2, 0.25) is 11.8 Å². The Morgan fingerprint density at radius 3 is 2.79 bits per heavy atom. The normalized spacial score (nSPS) is 16.3. The zero-order chi connectivity index (χ0) is 20.5. The van der Waals surface area contributed by atoms with E-state index in [0.717, 1.165) is 16.8 Å². The molecule has 148 valence electrons. The lowest BCUT2D eigenvalue weighted by molar-refractivity contribution is -0.122. The van der Waals surface area contributed by atoms with E-state index >= 15 is 0 Å². The van der Waals surface area contributed by atoms with Crippen LogP contribution in [0.2, 0.25) is 5.02 Å². The molecule has 2 amide bonds. The lowest BCUT2D eigenvalue weighted by Crippen LogP contribution is -2.29. The molecule has 4 rings (SSSR count). The van der Waals surface area contributed by atoms with Gasteiger partial charge in [-0.05, 0) is 49.2 Å². The number of hydrogen-bond acceptors (Lipinski definition) is 4. The Balaban J connectivity index is 1.55. The molecule has 1 atom stereocenters. The molecular formula is C21H20ClN5O2. The lowest BCUT2D eigenvalue weighted by atomic mass is 10.1. The quantitative estimate of drug-likeness (QED) is 0.714. The topological polar surface area (TPSA) is 80.1 Å². The SMILES string of the molecule is Cc1cccc(N2C[C@@H](C(=O)Nc3cc(Cl)ccc3-n3cncn3)CC2=O)c1C. The Kier molecular flexibility index (Phi) is 5.07. The molecule has 3 aromatic rings. The number of benzene rings is 2. The number of carbonyl (C=O) groups is 2. The van der Waals surface area contributed by atoms with E-state index in [2.05, 4.69) is 15.4 Å². The van der Waals surface area contributed by atoms with Gasteiger partial charge in [0.1, 0.15) is 12.7 Å². The fourth-order valence-electron chi connectivity index (χ4n) is 3.52. The van der Waals surface area contributed by atoms with Gasteiger partial charge < -0.3 is 10.2 Å². The number of hydrogen-bond donors (Lipinski definition) is 1. The van der Waals surface area contributed by atoms with Crippen LogP contribution in [-0.4, -0.2) is 33.1 Å². The summed E-state index contributed by atoms with van der Waals surface area (Å²) in [5, 5.41) is 7.51. The molecule has 0 saturated carbocycles. The fourth-order valence-corrected chi connectivity index (χ4v) is 3.69. The fraction of sp³-hybridized carbons (Fsp3) is 0.238. The van der Waals surface area contributed by atoms with Gasteiger partial charge in [-0.15, -0.1) is 0 Å². The van der Waals surface area contributed by atoms with E-state index in [0.29, 0.717) is 22.9 Å². The van der Waals surface area contributed by atoms with Gasteiger partial charge in [0.05, 0.1) is 17.3 Å². The third-order valence-corrected chi connectivity index (χ3v) is 5.48. The summed E-state index contributed by atoms with van der Waals surface area (Å²) in [6.45, 7) is 4.34. The summed E-state index contributed by atoms with van der Waals surface area (Å²) in [5.74, 6) is -0.735. The molecule has 1 N–H and O–H groups in total. The summed E-state index contributed by atoms with van der Waals surface area (Å²) in [6.07, 6.45) is 3.12. The van der Waals surface area contributed by atoms with Crippen molar-refractivity contribution in [1.29, 1.82) is 0 Å². The number of carbonyl (C=O) groups excluding carboxylic acids is 2. The lowest BCUT2D eigenvalue weighted by Gasteiger charge is -2.20. The average Bonchev–Trinajstić information content (AvgIpc) is 3.34. The van der Waals surface area contributed by atoms with E-state index in [9.17, 15) is 9.59 Å². The van der Waals surface area contributed by atoms with Crippen LogP contribution in [0.3, 0.4) is 0 Å². The Morgan fingerprint density at radius 1 is 1.21 bits per heavy atom. The molecule has 8 heteroatoms. The molecule has 1 aromatic heterocycles. The highest BCUT2D eigenvalue weighted by Crippen LogP contribution is 2.31. The summed E-state index contributed by atoms with van der Waals surface area (Å²) < 4.78 is 1.55. The van der Waals surface area contributed by atoms with Crippen LogP contribution in [-0.2, 0) is 9.59 Å². The van der Waals surface area contributed by atoms with Crippen molar-refractivity contribution in [3.05, 3.63) is 65.2 Å². The Bertz CT molecular complexity index is 1080. The molecule has 0 unspecified atom stereocenters. The van der Waals surface area contributed by atoms with E-state index in [1.54, 1.807) is 34.1 Å². The molecule has 1 saturated heterocycles. The maximum absolute atomic E-state index is 12.9. The molecule has 2 aromatic carbocycles. The first-order valence-electron chi connectivity index (χ1n) is 9.26. The largest absolute Gasteiger partial charge is 0.324 e. The minimum absolute atomic E-state index is 0.0542. The number of aromatic nitrogens is 3. The number of aryl methyl sites for hydroxylation is 1. The van der Waals surface area contributed by atoms with Crippen molar-refractivity contribution in [3.63, 3.8) is 0 Å². The molecule has 1 aliphatic heterocycles. The van der Waals surface area contributed by atoms with Gasteiger partial charge in [-0.1, -0.05) is 23.7 Å². The third-order valence-electron chi connectivity index (χ3n) is 5.24. The monoisotopic (exact) mass is 409 g/mol. The van der Waals surface area contributed by atoms with Crippen LogP contribution in [0.4, 0.5) is 11.4 Å². The zero-order valence-electron chi connectivity index (χ0n) is 16.1. The highest BCUT2D eigenvalue weighted by molar-refractivity contribution is 6.31. The van der Waals surface area contributed by atoms with Gasteiger partial charge in [-0.2, -0.15) is 5.10 Å². The van der Waals surface area contributed by atoms with Crippen LogP contribution < -0.4 is 10.2 Å². The average molecular weight is 410 g/mol. The molecule has 29 heavy (non-hydrogen) atoms. The van der Waals surface area contributed by atoms with Crippen molar-refractivity contribution in [3.8, 4) is 5.69 Å². The van der Waals surface area contributed by atoms with Crippen LogP contribution in [0.1, 0.15) is 17.5 Å². The summed E-state index contributed by atoms with van der Waals surface area (Å²) >= 11 is 6.12. The van der Waals surface area contributed by atoms with Crippen LogP contribution in [0.15, 0.2) is 49.1 Å². The van der Waals surface area contributed by atoms with Crippen molar-refractivity contribution in [1.82, 2.24) is 14.8 Å². The second-order valence-corrected chi connectivity index (χ2v) is 7.55. The number of rotatable bonds is 4. The number of amides is 2. The van der Waals surface area contributed by atoms with Crippen LogP contribution >= 0.6 is 11.6 Å². The number of anilines is 2. The molecular weight excluding hydrogens is 390 g/mol. The predicted octanol–water partition coefficient (Wildman–Crippen LogP) is 3.53. The maximum atomic E-state index is 12.9. The Labute approximate surface area is 173 Å². The van der Waals surface area contributed by atoms with E-state index in [4.69, 9.17) is 11.6 Å². The van der Waals surface area contributed by atoms with E-state index in [1.165, 1.54) is 6.33 Å². The maximum Gasteiger partial charge on any atom is 0.229 e. The van der Waals surface area contributed by atoms with Crippen molar-refractivity contribution < 1.29 is 9.59 Å². The van der Waals surface area contributed by atoms with Crippen LogP contribution in [0.5, 0.6) is 0 Å². The predicted molar refractivity (Wildman–Crippen MR) is 111 cm³/mol. The van der Waals surface area contributed by atoms with Gasteiger partial charge in [0.15, 0.2) is 0 Å². The highest BCUT2D eigenvalue weighted by Gasteiger charge is 2.36. The molecule has 0 radical (unpaired) electrons. The highest BCUT2D eigenvalue weighted by atomic mass is 35.5. The number of nitrogens with one attached hydrogen (secondary N) is 1. The minimum Gasteiger partial charge on any atom is -0.324 e. The van der Waals surface area contributed by atoms with Gasteiger partial charge in [0, 0.05) is 23.7 Å². The van der Waals surface area contributed by atoms with Crippen molar-refractivity contribution in [2.24, 2.45) is 5.92 Å². The molecule has 1 fully saturated rings. The number of halogens is 1. The van der Waals surface area contributed by atoms with Crippen molar-refractivity contribution >= 4 is 34.8 Å². The summed E-state index contributed by atoms with van der Waals surface area (Å²) in [6, 6.07) is 11.0. The summed E-state index contributed by atoms with van der Waals surface area (Å²) in [7, 11) is 0. The summed E-state index contributed by atoms with van der Waals surface area (Å²) in [4.78, 5) is 31.2. The van der Waals surface area contributed by atoms with Crippen LogP contribution in [0, 0.1) is 19.8 Å². The third kappa shape index (κ3) is 3.73. The van der Waals surface area contributed by atoms with Gasteiger partial charge in [-0.3, -0.25) is 9.59 Å². The second-order valence-electron chi connectivity index (χ2n) is 7.12. The molecule has 2 heterocycles. The van der Waals surface area contributed by atoms with E-state index < -0.39 is 5.92 Å². The Hall–Kier alpha value is -3.19. The second kappa shape index (κ2) is 7.67. The molecule has 0 spiro atoms. The Morgan fingerprint density at radius 2 is 2.03 bits per heavy atom. The first-order chi connectivity index (χ1) is 13.9. The van der Waals surface area contributed by atoms with Gasteiger partial charge in [0.25, 0.3) is 0 Å².